The van der Waals surface area contributed by atoms with E-state index in [9.17, 15) is 14.7 Å². The first kappa shape index (κ1) is 26.4. The Labute approximate surface area is 226 Å². The van der Waals surface area contributed by atoms with Crippen molar-refractivity contribution in [2.24, 2.45) is 0 Å². The highest BCUT2D eigenvalue weighted by atomic mass is 16.5. The van der Waals surface area contributed by atoms with Crippen molar-refractivity contribution in [1.82, 2.24) is 19.4 Å². The summed E-state index contributed by atoms with van der Waals surface area (Å²) in [5.74, 6) is 1.06. The van der Waals surface area contributed by atoms with Crippen molar-refractivity contribution in [3.05, 3.63) is 71.1 Å². The molecule has 4 aromatic rings. The molecule has 202 valence electrons. The van der Waals surface area contributed by atoms with E-state index in [-0.39, 0.29) is 30.7 Å². The largest absolute Gasteiger partial charge is 0.508 e. The molecule has 0 bridgehead atoms. The summed E-state index contributed by atoms with van der Waals surface area (Å²) in [7, 11) is 0. The number of hydrogen-bond acceptors (Lipinski definition) is 7. The van der Waals surface area contributed by atoms with Crippen molar-refractivity contribution >= 4 is 39.6 Å². The normalized spacial score (nSPS) is 13.4. The topological polar surface area (TPSA) is 124 Å². The number of aromatic hydroxyl groups is 1. The molecule has 9 heteroatoms. The number of hydrogen-bond donors (Lipinski definition) is 2. The molecule has 0 radical (unpaired) electrons. The number of nitrogens with two attached hydrogens (primary N) is 1. The number of benzene rings is 2. The maximum Gasteiger partial charge on any atom is 0.253 e. The SMILES string of the molecule is CCCCc1nc2c(N)nc3cc(CCOCCN4C(=O)C=CC4=O)ccc3c2n1Cc1ccc(O)c(C)c1. The average molecular weight is 528 g/mol. The predicted octanol–water partition coefficient (Wildman–Crippen LogP) is 4.06. The molecule has 3 N–H and O–H groups in total. The molecule has 0 saturated carbocycles. The van der Waals surface area contributed by atoms with Gasteiger partial charge in [-0.15, -0.1) is 0 Å². The predicted molar refractivity (Wildman–Crippen MR) is 150 cm³/mol. The van der Waals surface area contributed by atoms with Gasteiger partial charge in [-0.2, -0.15) is 0 Å². The summed E-state index contributed by atoms with van der Waals surface area (Å²) in [5, 5.41) is 11.0. The highest BCUT2D eigenvalue weighted by Gasteiger charge is 2.22. The minimum Gasteiger partial charge on any atom is -0.508 e. The van der Waals surface area contributed by atoms with Crippen LogP contribution >= 0.6 is 0 Å². The van der Waals surface area contributed by atoms with Crippen LogP contribution in [0.15, 0.2) is 48.6 Å². The Morgan fingerprint density at radius 1 is 0.974 bits per heavy atom. The van der Waals surface area contributed by atoms with Gasteiger partial charge in [0, 0.05) is 30.5 Å². The smallest absolute Gasteiger partial charge is 0.253 e. The first-order chi connectivity index (χ1) is 18.9. The van der Waals surface area contributed by atoms with Crippen molar-refractivity contribution in [3.63, 3.8) is 0 Å². The molecular formula is C30H33N5O4. The Balaban J connectivity index is 1.39. The van der Waals surface area contributed by atoms with Gasteiger partial charge in [0.05, 0.1) is 30.8 Å². The van der Waals surface area contributed by atoms with Crippen molar-refractivity contribution in [3.8, 4) is 5.75 Å². The fourth-order valence-electron chi connectivity index (χ4n) is 4.95. The Hall–Kier alpha value is -4.24. The molecule has 2 amide bonds. The van der Waals surface area contributed by atoms with Crippen LogP contribution < -0.4 is 5.73 Å². The maximum absolute atomic E-state index is 11.7. The van der Waals surface area contributed by atoms with Gasteiger partial charge in [-0.25, -0.2) is 9.97 Å². The number of carbonyl (C=O) groups is 2. The minimum atomic E-state index is -0.300. The second-order valence-corrected chi connectivity index (χ2v) is 9.91. The number of ether oxygens (including phenoxy) is 1. The zero-order valence-corrected chi connectivity index (χ0v) is 22.3. The Bertz CT molecular complexity index is 1570. The quantitative estimate of drug-likeness (QED) is 0.223. The molecule has 9 nitrogen and oxygen atoms in total. The van der Waals surface area contributed by atoms with E-state index >= 15 is 0 Å². The highest BCUT2D eigenvalue weighted by Crippen LogP contribution is 2.31. The minimum absolute atomic E-state index is 0.239. The monoisotopic (exact) mass is 527 g/mol. The average Bonchev–Trinajstić information content (AvgIpc) is 3.44. The summed E-state index contributed by atoms with van der Waals surface area (Å²) in [5.41, 5.74) is 11.9. The fourth-order valence-corrected chi connectivity index (χ4v) is 4.95. The number of pyridine rings is 1. The van der Waals surface area contributed by atoms with Gasteiger partial charge in [0.15, 0.2) is 5.82 Å². The fraction of sp³-hybridized carbons (Fsp3) is 0.333. The van der Waals surface area contributed by atoms with Crippen LogP contribution in [0.5, 0.6) is 5.75 Å². The molecular weight excluding hydrogens is 494 g/mol. The van der Waals surface area contributed by atoms with Crippen LogP contribution in [0.4, 0.5) is 5.82 Å². The second-order valence-electron chi connectivity index (χ2n) is 9.91. The lowest BCUT2D eigenvalue weighted by atomic mass is 10.1. The van der Waals surface area contributed by atoms with Gasteiger partial charge in [-0.3, -0.25) is 14.5 Å². The molecule has 0 fully saturated rings. The van der Waals surface area contributed by atoms with E-state index in [1.54, 1.807) is 6.07 Å². The lowest BCUT2D eigenvalue weighted by molar-refractivity contribution is -0.137. The van der Waals surface area contributed by atoms with Crippen LogP contribution in [0.25, 0.3) is 21.9 Å². The molecule has 39 heavy (non-hydrogen) atoms. The van der Waals surface area contributed by atoms with E-state index < -0.39 is 0 Å². The van der Waals surface area contributed by atoms with E-state index in [1.807, 2.05) is 25.1 Å². The molecule has 5 rings (SSSR count). The van der Waals surface area contributed by atoms with Crippen molar-refractivity contribution in [1.29, 1.82) is 0 Å². The number of imide groups is 1. The van der Waals surface area contributed by atoms with Crippen molar-refractivity contribution in [2.45, 2.75) is 46.1 Å². The van der Waals surface area contributed by atoms with Crippen LogP contribution in [-0.2, 0) is 33.7 Å². The molecule has 2 aromatic heterocycles. The third-order valence-electron chi connectivity index (χ3n) is 7.10. The number of phenols is 1. The second kappa shape index (κ2) is 11.2. The van der Waals surface area contributed by atoms with Crippen LogP contribution in [0, 0.1) is 6.92 Å². The molecule has 1 aliphatic heterocycles. The van der Waals surface area contributed by atoms with Gasteiger partial charge in [0.1, 0.15) is 17.1 Å². The van der Waals surface area contributed by atoms with Crippen LogP contribution in [0.2, 0.25) is 0 Å². The summed E-state index contributed by atoms with van der Waals surface area (Å²) < 4.78 is 7.93. The van der Waals surface area contributed by atoms with Gasteiger partial charge in [-0.1, -0.05) is 37.6 Å². The van der Waals surface area contributed by atoms with Gasteiger partial charge in [0.25, 0.3) is 11.8 Å². The summed E-state index contributed by atoms with van der Waals surface area (Å²) >= 11 is 0. The van der Waals surface area contributed by atoms with Gasteiger partial charge < -0.3 is 20.1 Å². The molecule has 0 unspecified atom stereocenters. The molecule has 2 aromatic carbocycles. The molecule has 0 spiro atoms. The number of imidazole rings is 1. The highest BCUT2D eigenvalue weighted by molar-refractivity contribution is 6.12. The molecule has 0 saturated heterocycles. The number of aryl methyl sites for hydroxylation is 2. The number of fused-ring (bicyclic) bond motifs is 3. The Morgan fingerprint density at radius 3 is 2.49 bits per heavy atom. The zero-order valence-electron chi connectivity index (χ0n) is 22.3. The van der Waals surface area contributed by atoms with E-state index in [4.69, 9.17) is 15.5 Å². The van der Waals surface area contributed by atoms with E-state index in [1.165, 1.54) is 17.1 Å². The number of nitrogen functional groups attached to an aromatic ring is 1. The number of rotatable bonds is 11. The Kier molecular flexibility index (Phi) is 7.60. The van der Waals surface area contributed by atoms with Crippen LogP contribution in [0.1, 0.15) is 42.3 Å². The first-order valence-electron chi connectivity index (χ1n) is 13.3. The number of unbranched alkanes of at least 4 members (excludes halogenated alkanes) is 1. The molecule has 0 aliphatic carbocycles. The summed E-state index contributed by atoms with van der Waals surface area (Å²) in [6.45, 7) is 5.65. The number of nitrogens with zero attached hydrogens (tertiary/aromatic N) is 4. The van der Waals surface area contributed by atoms with Crippen molar-refractivity contribution in [2.75, 3.05) is 25.5 Å². The van der Waals surface area contributed by atoms with Crippen LogP contribution in [0.3, 0.4) is 0 Å². The molecule has 1 aliphatic rings. The van der Waals surface area contributed by atoms with E-state index in [2.05, 4.69) is 28.6 Å². The zero-order chi connectivity index (χ0) is 27.5. The van der Waals surface area contributed by atoms with E-state index in [0.29, 0.717) is 30.9 Å². The molecule has 0 atom stereocenters. The number of amides is 2. The van der Waals surface area contributed by atoms with Crippen LogP contribution in [-0.4, -0.2) is 56.1 Å². The summed E-state index contributed by atoms with van der Waals surface area (Å²) in [6, 6.07) is 11.8. The third kappa shape index (κ3) is 5.49. The van der Waals surface area contributed by atoms with Gasteiger partial charge in [-0.05, 0) is 48.6 Å². The number of phenolic OH excluding ortho intramolecular Hbond substituents is 1. The first-order valence-corrected chi connectivity index (χ1v) is 13.3. The summed E-state index contributed by atoms with van der Waals surface area (Å²) in [6.07, 6.45) is 6.12. The van der Waals surface area contributed by atoms with E-state index in [0.717, 1.165) is 58.2 Å². The van der Waals surface area contributed by atoms with Gasteiger partial charge in [0.2, 0.25) is 0 Å². The molecule has 3 heterocycles. The number of anilines is 1. The lowest BCUT2D eigenvalue weighted by Gasteiger charge is -2.14. The third-order valence-corrected chi connectivity index (χ3v) is 7.10. The number of aromatic nitrogens is 3. The van der Waals surface area contributed by atoms with Crippen molar-refractivity contribution < 1.29 is 19.4 Å². The summed E-state index contributed by atoms with van der Waals surface area (Å²) in [4.78, 5) is 34.1. The standard InChI is InChI=1S/C30H33N5O4/c1-3-4-5-25-33-28-29(35(25)18-21-7-9-24(36)19(2)16-21)22-8-6-20(17-23(22)32-30(28)31)12-14-39-15-13-34-26(37)10-11-27(34)38/h6-11,16-17,36H,3-5,12-15,18H2,1-2H3,(H2,31,32). The Morgan fingerprint density at radius 2 is 1.74 bits per heavy atom. The van der Waals surface area contributed by atoms with Gasteiger partial charge >= 0.3 is 0 Å². The lowest BCUT2D eigenvalue weighted by Crippen LogP contribution is -2.33. The maximum atomic E-state index is 11.7. The number of carbonyl (C=O) groups excluding carboxylic acids is 2.